The molecule has 88 valence electrons. The molecule has 0 spiro atoms. The van der Waals surface area contributed by atoms with Crippen LogP contribution in [0.2, 0.25) is 0 Å². The van der Waals surface area contributed by atoms with E-state index in [0.29, 0.717) is 14.8 Å². The number of ether oxygens (including phenoxy) is 1. The van der Waals surface area contributed by atoms with Crippen molar-refractivity contribution in [1.82, 2.24) is 4.98 Å². The molecular weight excluding hydrogens is 331 g/mol. The summed E-state index contributed by atoms with van der Waals surface area (Å²) in [5, 5.41) is 0. The molecule has 0 aromatic carbocycles. The normalized spacial score (nSPS) is 10.6. The van der Waals surface area contributed by atoms with E-state index < -0.39 is 12.4 Å². The van der Waals surface area contributed by atoms with Crippen molar-refractivity contribution in [2.75, 3.05) is 7.11 Å². The molecule has 3 nitrogen and oxygen atoms in total. The second-order valence-corrected chi connectivity index (χ2v) is 4.18. The lowest BCUT2D eigenvalue weighted by molar-refractivity contribution is -0.139. The summed E-state index contributed by atoms with van der Waals surface area (Å²) in [6.07, 6.45) is -1.47. The quantitative estimate of drug-likeness (QED) is 0.482. The highest BCUT2D eigenvalue weighted by atomic mass is 127. The molecule has 0 aliphatic carbocycles. The molecule has 1 heterocycles. The Morgan fingerprint density at radius 3 is 2.75 bits per heavy atom. The van der Waals surface area contributed by atoms with Gasteiger partial charge < -0.3 is 4.74 Å². The van der Waals surface area contributed by atoms with Crippen molar-refractivity contribution in [3.8, 4) is 0 Å². The van der Waals surface area contributed by atoms with E-state index in [1.807, 2.05) is 22.6 Å². The Hall–Kier alpha value is -0.790. The van der Waals surface area contributed by atoms with Crippen LogP contribution in [0.15, 0.2) is 6.20 Å². The lowest BCUT2D eigenvalue weighted by Crippen LogP contribution is -2.10. The van der Waals surface area contributed by atoms with Crippen LogP contribution in [0, 0.1) is 10.6 Å². The van der Waals surface area contributed by atoms with Crippen LogP contribution in [0.5, 0.6) is 0 Å². The summed E-state index contributed by atoms with van der Waals surface area (Å²) >= 11 is 1.91. The van der Waals surface area contributed by atoms with Crippen LogP contribution in [0.1, 0.15) is 23.1 Å². The molecule has 1 rings (SSSR count). The summed E-state index contributed by atoms with van der Waals surface area (Å²) in [5.41, 5.74) is 0.768. The summed E-state index contributed by atoms with van der Waals surface area (Å²) in [4.78, 5) is 15.0. The average molecular weight is 341 g/mol. The Kier molecular flexibility index (Phi) is 4.57. The van der Waals surface area contributed by atoms with E-state index in [1.54, 1.807) is 6.92 Å². The monoisotopic (exact) mass is 341 g/mol. The van der Waals surface area contributed by atoms with E-state index in [1.165, 1.54) is 7.11 Å². The Labute approximate surface area is 105 Å². The molecule has 0 saturated heterocycles. The summed E-state index contributed by atoms with van der Waals surface area (Å²) in [7, 11) is 1.26. The van der Waals surface area contributed by atoms with Gasteiger partial charge in [-0.05, 0) is 40.6 Å². The van der Waals surface area contributed by atoms with E-state index in [0.717, 1.165) is 6.20 Å². The maximum Gasteiger partial charge on any atom is 0.310 e. The summed E-state index contributed by atoms with van der Waals surface area (Å²) in [6.45, 7) is 1.56. The number of carbonyl (C=O) groups is 1. The molecule has 0 atom stereocenters. The van der Waals surface area contributed by atoms with Gasteiger partial charge in [0.15, 0.2) is 0 Å². The third kappa shape index (κ3) is 2.87. The standard InChI is InChI=1S/C10H10F2INO2/c1-5-6(3-8(15)16-2)10(13)14-4-7(5)9(11)12/h4,9H,3H2,1-2H3. The summed E-state index contributed by atoms with van der Waals surface area (Å²) < 4.78 is 30.3. The highest BCUT2D eigenvalue weighted by Crippen LogP contribution is 2.26. The van der Waals surface area contributed by atoms with Gasteiger partial charge in [-0.25, -0.2) is 13.8 Å². The molecule has 0 bridgehead atoms. The molecule has 1 aromatic rings. The van der Waals surface area contributed by atoms with Gasteiger partial charge >= 0.3 is 5.97 Å². The fourth-order valence-corrected chi connectivity index (χ4v) is 2.01. The Balaban J connectivity index is 3.16. The first-order valence-corrected chi connectivity index (χ1v) is 5.54. The minimum Gasteiger partial charge on any atom is -0.469 e. The number of pyridine rings is 1. The maximum absolute atomic E-state index is 12.6. The van der Waals surface area contributed by atoms with Gasteiger partial charge in [0, 0.05) is 11.8 Å². The van der Waals surface area contributed by atoms with E-state index in [2.05, 4.69) is 9.72 Å². The molecule has 1 aromatic heterocycles. The number of aromatic nitrogens is 1. The number of methoxy groups -OCH3 is 1. The lowest BCUT2D eigenvalue weighted by Gasteiger charge is -2.11. The number of nitrogens with zero attached hydrogens (tertiary/aromatic N) is 1. The average Bonchev–Trinajstić information content (AvgIpc) is 2.23. The third-order valence-electron chi connectivity index (χ3n) is 2.24. The molecule has 0 aliphatic rings. The molecule has 6 heteroatoms. The van der Waals surface area contributed by atoms with Crippen LogP contribution in [0.25, 0.3) is 0 Å². The summed E-state index contributed by atoms with van der Waals surface area (Å²) in [6, 6.07) is 0. The molecule has 16 heavy (non-hydrogen) atoms. The zero-order valence-corrected chi connectivity index (χ0v) is 10.9. The van der Waals surface area contributed by atoms with Crippen LogP contribution in [-0.4, -0.2) is 18.1 Å². The second kappa shape index (κ2) is 5.51. The van der Waals surface area contributed by atoms with Crippen molar-refractivity contribution in [3.63, 3.8) is 0 Å². The first-order chi connectivity index (χ1) is 7.47. The molecule has 0 amide bonds. The number of alkyl halides is 2. The van der Waals surface area contributed by atoms with E-state index in [-0.39, 0.29) is 12.0 Å². The number of hydrogen-bond acceptors (Lipinski definition) is 3. The number of rotatable bonds is 3. The van der Waals surface area contributed by atoms with Gasteiger partial charge in [-0.1, -0.05) is 0 Å². The zero-order valence-electron chi connectivity index (χ0n) is 8.76. The Morgan fingerprint density at radius 2 is 2.25 bits per heavy atom. The fourth-order valence-electron chi connectivity index (χ4n) is 1.27. The number of halogens is 3. The van der Waals surface area contributed by atoms with Gasteiger partial charge in [-0.15, -0.1) is 0 Å². The van der Waals surface area contributed by atoms with Crippen LogP contribution in [0.4, 0.5) is 8.78 Å². The second-order valence-electron chi connectivity index (χ2n) is 3.16. The minimum atomic E-state index is -2.58. The highest BCUT2D eigenvalue weighted by Gasteiger charge is 2.18. The van der Waals surface area contributed by atoms with Crippen molar-refractivity contribution in [3.05, 3.63) is 26.6 Å². The third-order valence-corrected chi connectivity index (χ3v) is 3.17. The van der Waals surface area contributed by atoms with Gasteiger partial charge in [0.2, 0.25) is 0 Å². The van der Waals surface area contributed by atoms with Crippen LogP contribution in [0.3, 0.4) is 0 Å². The van der Waals surface area contributed by atoms with Gasteiger partial charge in [0.1, 0.15) is 3.70 Å². The summed E-state index contributed by atoms with van der Waals surface area (Å²) in [5.74, 6) is -0.464. The molecular formula is C10H10F2INO2. The number of carbonyl (C=O) groups excluding carboxylic acids is 1. The maximum atomic E-state index is 12.6. The van der Waals surface area contributed by atoms with Gasteiger partial charge in [-0.3, -0.25) is 4.79 Å². The minimum absolute atomic E-state index is 0.0336. The number of esters is 1. The fraction of sp³-hybridized carbons (Fsp3) is 0.400. The van der Waals surface area contributed by atoms with Crippen molar-refractivity contribution in [2.24, 2.45) is 0 Å². The SMILES string of the molecule is COC(=O)Cc1c(I)ncc(C(F)F)c1C. The molecule has 0 unspecified atom stereocenters. The lowest BCUT2D eigenvalue weighted by atomic mass is 10.0. The van der Waals surface area contributed by atoms with Crippen LogP contribution >= 0.6 is 22.6 Å². The van der Waals surface area contributed by atoms with Crippen LogP contribution in [-0.2, 0) is 16.0 Å². The zero-order chi connectivity index (χ0) is 12.3. The highest BCUT2D eigenvalue weighted by molar-refractivity contribution is 14.1. The van der Waals surface area contributed by atoms with Gasteiger partial charge in [-0.2, -0.15) is 0 Å². The van der Waals surface area contributed by atoms with Crippen LogP contribution < -0.4 is 0 Å². The van der Waals surface area contributed by atoms with E-state index in [9.17, 15) is 13.6 Å². The Morgan fingerprint density at radius 1 is 1.62 bits per heavy atom. The predicted octanol–water partition coefficient (Wildman–Crippen LogP) is 2.65. The Bertz CT molecular complexity index is 410. The first-order valence-electron chi connectivity index (χ1n) is 4.46. The predicted molar refractivity (Wildman–Crippen MR) is 62.4 cm³/mol. The van der Waals surface area contributed by atoms with Crippen molar-refractivity contribution < 1.29 is 18.3 Å². The first kappa shape index (κ1) is 13.3. The number of hydrogen-bond donors (Lipinski definition) is 0. The van der Waals surface area contributed by atoms with Crippen molar-refractivity contribution in [1.29, 1.82) is 0 Å². The molecule has 0 radical (unpaired) electrons. The largest absolute Gasteiger partial charge is 0.469 e. The van der Waals surface area contributed by atoms with Gasteiger partial charge in [0.25, 0.3) is 6.43 Å². The molecule has 0 saturated carbocycles. The smallest absolute Gasteiger partial charge is 0.310 e. The molecule has 0 fully saturated rings. The van der Waals surface area contributed by atoms with E-state index >= 15 is 0 Å². The van der Waals surface area contributed by atoms with E-state index in [4.69, 9.17) is 0 Å². The van der Waals surface area contributed by atoms with Crippen molar-refractivity contribution >= 4 is 28.6 Å². The molecule has 0 aliphatic heterocycles. The molecule has 0 N–H and O–H groups in total. The topological polar surface area (TPSA) is 39.2 Å². The van der Waals surface area contributed by atoms with Gasteiger partial charge in [0.05, 0.1) is 13.5 Å². The van der Waals surface area contributed by atoms with Crippen molar-refractivity contribution in [2.45, 2.75) is 19.8 Å².